The average molecular weight is 581 g/mol. The number of aromatic nitrogens is 1. The summed E-state index contributed by atoms with van der Waals surface area (Å²) < 4.78 is 46.0. The smallest absolute Gasteiger partial charge is 0.370 e. The number of nitrogens with zero attached hydrogens (tertiary/aromatic N) is 4. The van der Waals surface area contributed by atoms with E-state index < -0.39 is 23.0 Å². The van der Waals surface area contributed by atoms with Crippen LogP contribution in [0.2, 0.25) is 0 Å². The number of nitriles is 1. The van der Waals surface area contributed by atoms with Crippen molar-refractivity contribution in [3.05, 3.63) is 83.3 Å². The van der Waals surface area contributed by atoms with Crippen molar-refractivity contribution < 1.29 is 22.7 Å². The van der Waals surface area contributed by atoms with Crippen LogP contribution in [0.25, 0.3) is 0 Å². The molecule has 0 spiro atoms. The summed E-state index contributed by atoms with van der Waals surface area (Å²) in [6, 6.07) is 8.99. The molecule has 11 heteroatoms. The van der Waals surface area contributed by atoms with E-state index in [1.807, 2.05) is 55.4 Å². The fourth-order valence-corrected chi connectivity index (χ4v) is 6.13. The van der Waals surface area contributed by atoms with Crippen molar-refractivity contribution in [3.8, 4) is 6.07 Å². The predicted octanol–water partition coefficient (Wildman–Crippen LogP) is 4.31. The number of rotatable bonds is 7. The van der Waals surface area contributed by atoms with Crippen LogP contribution in [0.15, 0.2) is 66.7 Å². The number of ether oxygens (including phenoxy) is 1. The zero-order valence-corrected chi connectivity index (χ0v) is 23.7. The molecule has 4 heterocycles. The number of carbonyl (C=O) groups is 1. The summed E-state index contributed by atoms with van der Waals surface area (Å²) in [6.45, 7) is 4.79. The lowest BCUT2D eigenvalue weighted by Crippen LogP contribution is -2.58. The van der Waals surface area contributed by atoms with Crippen LogP contribution in [0.3, 0.4) is 0 Å². The van der Waals surface area contributed by atoms with Crippen molar-refractivity contribution in [1.82, 2.24) is 20.5 Å². The minimum Gasteiger partial charge on any atom is -0.370 e. The van der Waals surface area contributed by atoms with Crippen LogP contribution in [-0.4, -0.2) is 61.2 Å². The molecule has 1 aromatic heterocycles. The number of nitrogens with one attached hydrogen (secondary N) is 2. The first kappa shape index (κ1) is 29.6. The second-order valence-corrected chi connectivity index (χ2v) is 11.1. The fraction of sp³-hybridized carbons (Fsp3) is 0.452. The van der Waals surface area contributed by atoms with Gasteiger partial charge >= 0.3 is 6.18 Å². The van der Waals surface area contributed by atoms with E-state index >= 15 is 0 Å². The lowest BCUT2D eigenvalue weighted by Gasteiger charge is -2.46. The Morgan fingerprint density at radius 2 is 2.05 bits per heavy atom. The molecule has 2 atom stereocenters. The Labute approximate surface area is 243 Å². The van der Waals surface area contributed by atoms with Crippen LogP contribution in [0.5, 0.6) is 0 Å². The molecule has 0 bridgehead atoms. The molecular weight excluding hydrogens is 545 g/mol. The number of pyridine rings is 1. The van der Waals surface area contributed by atoms with Gasteiger partial charge in [0.05, 0.1) is 28.3 Å². The summed E-state index contributed by atoms with van der Waals surface area (Å²) in [6.07, 6.45) is 6.50. The van der Waals surface area contributed by atoms with Crippen LogP contribution in [0.4, 0.5) is 18.9 Å². The van der Waals surface area contributed by atoms with Gasteiger partial charge in [-0.2, -0.15) is 18.4 Å². The number of amides is 1. The summed E-state index contributed by atoms with van der Waals surface area (Å²) >= 11 is 0. The summed E-state index contributed by atoms with van der Waals surface area (Å²) in [4.78, 5) is 21.8. The SMILES string of the molecule is CCOC1(c2cccnc2)C=CC(C2(NC(=O)[C@@H]3CCN(C)C3)CCN(c3ccc(C(F)(F)F)cc3C#N)CC2)=CN1. The monoisotopic (exact) mass is 580 g/mol. The Kier molecular flexibility index (Phi) is 8.30. The number of alkyl halides is 3. The number of likely N-dealkylation sites (tertiary alicyclic amines) is 1. The Morgan fingerprint density at radius 3 is 2.62 bits per heavy atom. The van der Waals surface area contributed by atoms with E-state index in [9.17, 15) is 23.2 Å². The fourth-order valence-electron chi connectivity index (χ4n) is 6.13. The molecular formula is C31H35F3N6O2. The van der Waals surface area contributed by atoms with Crippen molar-refractivity contribution in [1.29, 1.82) is 5.26 Å². The number of anilines is 1. The van der Waals surface area contributed by atoms with E-state index in [-0.39, 0.29) is 17.4 Å². The van der Waals surface area contributed by atoms with Gasteiger partial charge in [-0.25, -0.2) is 0 Å². The Hall–Kier alpha value is -3.88. The number of carbonyl (C=O) groups excluding carboxylic acids is 1. The molecule has 2 aromatic rings. The largest absolute Gasteiger partial charge is 0.416 e. The van der Waals surface area contributed by atoms with E-state index in [4.69, 9.17) is 4.74 Å². The maximum Gasteiger partial charge on any atom is 0.416 e. The van der Waals surface area contributed by atoms with Gasteiger partial charge < -0.3 is 25.2 Å². The third kappa shape index (κ3) is 5.87. The van der Waals surface area contributed by atoms with Crippen molar-refractivity contribution in [2.24, 2.45) is 5.92 Å². The van der Waals surface area contributed by atoms with Crippen LogP contribution < -0.4 is 15.5 Å². The van der Waals surface area contributed by atoms with E-state index in [0.29, 0.717) is 44.8 Å². The number of dihydropyridines is 1. The van der Waals surface area contributed by atoms with E-state index in [1.54, 1.807) is 12.4 Å². The van der Waals surface area contributed by atoms with Gasteiger partial charge in [0, 0.05) is 50.4 Å². The number of hydrogen-bond donors (Lipinski definition) is 2. The highest BCUT2D eigenvalue weighted by atomic mass is 19.4. The number of halogens is 3. The van der Waals surface area contributed by atoms with Crippen LogP contribution in [0.1, 0.15) is 42.9 Å². The summed E-state index contributed by atoms with van der Waals surface area (Å²) in [7, 11) is 2.00. The normalized spacial score (nSPS) is 24.0. The number of benzene rings is 1. The van der Waals surface area contributed by atoms with Crippen molar-refractivity contribution in [2.75, 3.05) is 44.7 Å². The molecule has 222 valence electrons. The molecule has 5 rings (SSSR count). The number of hydrogen-bond acceptors (Lipinski definition) is 7. The zero-order chi connectivity index (χ0) is 30.0. The standard InChI is InChI=1S/C31H35F3N6O2/c1-3-42-30(26-5-4-13-36-19-26)10-8-25(20-37-30)29(38-28(41)22-9-14-39(2)21-22)11-15-40(16-12-29)27-7-6-24(31(32,33)34)17-23(27)18-35/h4-8,10,13,17,19-20,22,37H,3,9,11-12,14-16,21H2,1-2H3,(H,38,41)/t22-,30?/m1/s1. The molecule has 8 nitrogen and oxygen atoms in total. The molecule has 2 fully saturated rings. The molecule has 1 unspecified atom stereocenters. The molecule has 1 aromatic carbocycles. The second-order valence-electron chi connectivity index (χ2n) is 11.1. The third-order valence-corrected chi connectivity index (χ3v) is 8.48. The van der Waals surface area contributed by atoms with Gasteiger partial charge in [-0.05, 0) is 75.7 Å². The Bertz CT molecular complexity index is 1400. The molecule has 3 aliphatic heterocycles. The first-order valence-corrected chi connectivity index (χ1v) is 14.2. The van der Waals surface area contributed by atoms with E-state index in [0.717, 1.165) is 36.2 Å². The summed E-state index contributed by atoms with van der Waals surface area (Å²) in [5, 5.41) is 16.4. The van der Waals surface area contributed by atoms with Crippen LogP contribution in [-0.2, 0) is 21.4 Å². The van der Waals surface area contributed by atoms with Gasteiger partial charge in [-0.3, -0.25) is 9.78 Å². The van der Waals surface area contributed by atoms with Gasteiger partial charge in [-0.15, -0.1) is 0 Å². The maximum atomic E-state index is 13.5. The Morgan fingerprint density at radius 1 is 1.26 bits per heavy atom. The topological polar surface area (TPSA) is 93.5 Å². The van der Waals surface area contributed by atoms with Crippen molar-refractivity contribution in [2.45, 2.75) is 43.6 Å². The highest BCUT2D eigenvalue weighted by molar-refractivity contribution is 5.81. The first-order valence-electron chi connectivity index (χ1n) is 14.2. The van der Waals surface area contributed by atoms with Gasteiger partial charge in [0.1, 0.15) is 6.07 Å². The summed E-state index contributed by atoms with van der Waals surface area (Å²) in [5.41, 5.74) is -0.315. The minimum atomic E-state index is -4.53. The zero-order valence-electron chi connectivity index (χ0n) is 23.7. The molecule has 0 saturated carbocycles. The maximum absolute atomic E-state index is 13.5. The molecule has 42 heavy (non-hydrogen) atoms. The van der Waals surface area contributed by atoms with Gasteiger partial charge in [0.25, 0.3) is 0 Å². The predicted molar refractivity (Wildman–Crippen MR) is 152 cm³/mol. The quantitative estimate of drug-likeness (QED) is 0.504. The number of piperidine rings is 1. The van der Waals surface area contributed by atoms with Gasteiger partial charge in [-0.1, -0.05) is 12.1 Å². The second kappa shape index (κ2) is 11.8. The molecule has 2 N–H and O–H groups in total. The van der Waals surface area contributed by atoms with Crippen molar-refractivity contribution >= 4 is 11.6 Å². The first-order chi connectivity index (χ1) is 20.1. The highest BCUT2D eigenvalue weighted by Gasteiger charge is 2.43. The molecule has 1 amide bonds. The third-order valence-electron chi connectivity index (χ3n) is 8.48. The summed E-state index contributed by atoms with van der Waals surface area (Å²) in [5.74, 6) is -0.132. The van der Waals surface area contributed by atoms with Gasteiger partial charge in [0.2, 0.25) is 5.91 Å². The Balaban J connectivity index is 1.42. The molecule has 0 aliphatic carbocycles. The van der Waals surface area contributed by atoms with Gasteiger partial charge in [0.15, 0.2) is 5.72 Å². The molecule has 3 aliphatic rings. The van der Waals surface area contributed by atoms with E-state index in [2.05, 4.69) is 20.5 Å². The molecule has 0 radical (unpaired) electrons. The highest BCUT2D eigenvalue weighted by Crippen LogP contribution is 2.39. The lowest BCUT2D eigenvalue weighted by molar-refractivity contribution is -0.137. The lowest BCUT2D eigenvalue weighted by atomic mass is 9.78. The van der Waals surface area contributed by atoms with Crippen LogP contribution >= 0.6 is 0 Å². The van der Waals surface area contributed by atoms with Crippen molar-refractivity contribution in [3.63, 3.8) is 0 Å². The molecule has 2 saturated heterocycles. The average Bonchev–Trinajstić information content (AvgIpc) is 3.44. The van der Waals surface area contributed by atoms with Crippen LogP contribution in [0, 0.1) is 17.2 Å². The minimum absolute atomic E-state index is 0.0109. The van der Waals surface area contributed by atoms with E-state index in [1.165, 1.54) is 6.07 Å².